The van der Waals surface area contributed by atoms with Crippen LogP contribution in [0.5, 0.6) is 11.5 Å². The van der Waals surface area contributed by atoms with Crippen LogP contribution in [-0.4, -0.2) is 24.8 Å². The van der Waals surface area contributed by atoms with Gasteiger partial charge in [-0.3, -0.25) is 4.79 Å². The lowest BCUT2D eigenvalue weighted by atomic mass is 9.87. The Kier molecular flexibility index (Phi) is 6.15. The van der Waals surface area contributed by atoms with E-state index in [1.165, 1.54) is 0 Å². The Labute approximate surface area is 176 Å². The first-order valence-corrected chi connectivity index (χ1v) is 9.88. The molecule has 1 aliphatic rings. The van der Waals surface area contributed by atoms with Crippen LogP contribution in [0.3, 0.4) is 0 Å². The van der Waals surface area contributed by atoms with Gasteiger partial charge in [-0.1, -0.05) is 39.0 Å². The smallest absolute Gasteiger partial charge is 0.355 e. The molecule has 0 aliphatic carbocycles. The molecule has 2 aromatic carbocycles. The number of nitrogens with one attached hydrogen (secondary N) is 1. The van der Waals surface area contributed by atoms with Gasteiger partial charge in [-0.2, -0.15) is 0 Å². The van der Waals surface area contributed by atoms with Crippen LogP contribution in [0.2, 0.25) is 0 Å². The second kappa shape index (κ2) is 8.61. The predicted octanol–water partition coefficient (Wildman–Crippen LogP) is 4.44. The van der Waals surface area contributed by atoms with Crippen LogP contribution in [-0.2, 0) is 14.9 Å². The second-order valence-corrected chi connectivity index (χ2v) is 8.41. The van der Waals surface area contributed by atoms with Crippen molar-refractivity contribution in [1.29, 1.82) is 0 Å². The van der Waals surface area contributed by atoms with E-state index in [2.05, 4.69) is 26.1 Å². The molecule has 0 unspecified atom stereocenters. The van der Waals surface area contributed by atoms with Crippen molar-refractivity contribution in [1.82, 2.24) is 5.32 Å². The van der Waals surface area contributed by atoms with Gasteiger partial charge < -0.3 is 19.5 Å². The third-order valence-corrected chi connectivity index (χ3v) is 4.53. The Morgan fingerprint density at radius 2 is 1.70 bits per heavy atom. The van der Waals surface area contributed by atoms with Gasteiger partial charge in [0.15, 0.2) is 11.5 Å². The molecule has 0 bridgehead atoms. The van der Waals surface area contributed by atoms with E-state index in [1.807, 2.05) is 12.1 Å². The van der Waals surface area contributed by atoms with Crippen LogP contribution in [0.25, 0.3) is 6.08 Å². The van der Waals surface area contributed by atoms with Crippen LogP contribution in [0.4, 0.5) is 0 Å². The largest absolute Gasteiger partial charge is 0.458 e. The average Bonchev–Trinajstić information content (AvgIpc) is 3.14. The summed E-state index contributed by atoms with van der Waals surface area (Å²) in [5, 5.41) is 2.69. The molecule has 30 heavy (non-hydrogen) atoms. The number of hydrogen-bond donors (Lipinski definition) is 1. The van der Waals surface area contributed by atoms with E-state index in [0.717, 1.165) is 5.56 Å². The average molecular weight is 409 g/mol. The summed E-state index contributed by atoms with van der Waals surface area (Å²) < 4.78 is 16.0. The van der Waals surface area contributed by atoms with Crippen molar-refractivity contribution in [2.45, 2.75) is 46.1 Å². The monoisotopic (exact) mass is 409 g/mol. The predicted molar refractivity (Wildman–Crippen MR) is 114 cm³/mol. The fourth-order valence-corrected chi connectivity index (χ4v) is 2.91. The van der Waals surface area contributed by atoms with E-state index in [-0.39, 0.29) is 29.9 Å². The van der Waals surface area contributed by atoms with Crippen molar-refractivity contribution in [2.24, 2.45) is 0 Å². The molecule has 0 fully saturated rings. The van der Waals surface area contributed by atoms with Gasteiger partial charge in [0.05, 0.1) is 6.10 Å². The molecular weight excluding hydrogens is 382 g/mol. The van der Waals surface area contributed by atoms with Crippen LogP contribution >= 0.6 is 0 Å². The Morgan fingerprint density at radius 1 is 1.03 bits per heavy atom. The van der Waals surface area contributed by atoms with Crippen molar-refractivity contribution >= 4 is 18.0 Å². The maximum absolute atomic E-state index is 12.8. The highest BCUT2D eigenvalue weighted by molar-refractivity contribution is 6.03. The molecule has 0 saturated carbocycles. The Morgan fingerprint density at radius 3 is 2.33 bits per heavy atom. The maximum atomic E-state index is 12.8. The summed E-state index contributed by atoms with van der Waals surface area (Å²) in [5.74, 6) is 0.233. The molecule has 0 atom stereocenters. The number of benzene rings is 2. The highest BCUT2D eigenvalue weighted by atomic mass is 16.7. The standard InChI is InChI=1S/C24H27NO5/c1-15(2)30-23(27)19(12-16-6-11-20-21(13-16)29-14-28-20)25-22(26)17-7-9-18(10-8-17)24(3,4)5/h6-13,15H,14H2,1-5H3,(H,25,26)/b19-12-. The molecule has 0 radical (unpaired) electrons. The van der Waals surface area contributed by atoms with E-state index in [4.69, 9.17) is 14.2 Å². The number of esters is 1. The third kappa shape index (κ3) is 5.20. The fraction of sp³-hybridized carbons (Fsp3) is 0.333. The number of fused-ring (bicyclic) bond motifs is 1. The minimum absolute atomic E-state index is 0.0134. The van der Waals surface area contributed by atoms with Gasteiger partial charge in [-0.05, 0) is 60.7 Å². The topological polar surface area (TPSA) is 73.9 Å². The minimum atomic E-state index is -0.609. The number of hydrogen-bond acceptors (Lipinski definition) is 5. The van der Waals surface area contributed by atoms with E-state index in [1.54, 1.807) is 50.3 Å². The number of carbonyl (C=O) groups is 2. The van der Waals surface area contributed by atoms with E-state index < -0.39 is 5.97 Å². The van der Waals surface area contributed by atoms with Gasteiger partial charge in [-0.25, -0.2) is 4.79 Å². The SMILES string of the molecule is CC(C)OC(=O)/C(=C/c1ccc2c(c1)OCO2)NC(=O)c1ccc(C(C)(C)C)cc1. The lowest BCUT2D eigenvalue weighted by molar-refractivity contribution is -0.142. The van der Waals surface area contributed by atoms with E-state index in [9.17, 15) is 9.59 Å². The van der Waals surface area contributed by atoms with Crippen molar-refractivity contribution in [3.05, 3.63) is 64.9 Å². The van der Waals surface area contributed by atoms with Gasteiger partial charge >= 0.3 is 5.97 Å². The summed E-state index contributed by atoms with van der Waals surface area (Å²) in [6, 6.07) is 12.6. The molecule has 158 valence electrons. The molecule has 6 heteroatoms. The molecule has 2 aromatic rings. The van der Waals surface area contributed by atoms with Crippen LogP contribution in [0, 0.1) is 0 Å². The molecule has 3 rings (SSSR count). The molecule has 1 heterocycles. The molecule has 0 saturated heterocycles. The number of ether oxygens (including phenoxy) is 3. The van der Waals surface area contributed by atoms with E-state index in [0.29, 0.717) is 22.6 Å². The zero-order chi connectivity index (χ0) is 21.9. The minimum Gasteiger partial charge on any atom is -0.458 e. The Hall–Kier alpha value is -3.28. The normalized spacial score (nSPS) is 13.3. The molecule has 6 nitrogen and oxygen atoms in total. The Balaban J connectivity index is 1.85. The maximum Gasteiger partial charge on any atom is 0.355 e. The molecule has 1 aliphatic heterocycles. The number of rotatable bonds is 5. The van der Waals surface area contributed by atoms with E-state index >= 15 is 0 Å². The van der Waals surface area contributed by atoms with Crippen molar-refractivity contribution < 1.29 is 23.8 Å². The molecule has 0 spiro atoms. The summed E-state index contributed by atoms with van der Waals surface area (Å²) in [4.78, 5) is 25.4. The summed E-state index contributed by atoms with van der Waals surface area (Å²) in [6.07, 6.45) is 1.24. The zero-order valence-corrected chi connectivity index (χ0v) is 17.9. The molecule has 0 aromatic heterocycles. The summed E-state index contributed by atoms with van der Waals surface area (Å²) in [7, 11) is 0. The summed E-state index contributed by atoms with van der Waals surface area (Å²) >= 11 is 0. The Bertz CT molecular complexity index is 968. The highest BCUT2D eigenvalue weighted by Crippen LogP contribution is 2.33. The number of carbonyl (C=O) groups excluding carboxylic acids is 2. The fourth-order valence-electron chi connectivity index (χ4n) is 2.91. The van der Waals surface area contributed by atoms with Gasteiger partial charge in [0, 0.05) is 5.56 Å². The highest BCUT2D eigenvalue weighted by Gasteiger charge is 2.20. The third-order valence-electron chi connectivity index (χ3n) is 4.53. The van der Waals surface area contributed by atoms with Gasteiger partial charge in [0.1, 0.15) is 5.70 Å². The van der Waals surface area contributed by atoms with Crippen molar-refractivity contribution in [3.63, 3.8) is 0 Å². The lowest BCUT2D eigenvalue weighted by Gasteiger charge is -2.19. The first-order chi connectivity index (χ1) is 14.1. The molecule has 1 amide bonds. The number of amides is 1. The first-order valence-electron chi connectivity index (χ1n) is 9.88. The van der Waals surface area contributed by atoms with Gasteiger partial charge in [-0.15, -0.1) is 0 Å². The second-order valence-electron chi connectivity index (χ2n) is 8.41. The van der Waals surface area contributed by atoms with Crippen LogP contribution in [0.15, 0.2) is 48.2 Å². The van der Waals surface area contributed by atoms with Crippen LogP contribution in [0.1, 0.15) is 56.1 Å². The van der Waals surface area contributed by atoms with Gasteiger partial charge in [0.2, 0.25) is 6.79 Å². The zero-order valence-electron chi connectivity index (χ0n) is 17.9. The quantitative estimate of drug-likeness (QED) is 0.584. The lowest BCUT2D eigenvalue weighted by Crippen LogP contribution is -2.29. The summed E-state index contributed by atoms with van der Waals surface area (Å²) in [6.45, 7) is 9.99. The molecular formula is C24H27NO5. The summed E-state index contributed by atoms with van der Waals surface area (Å²) in [5.41, 5.74) is 2.29. The van der Waals surface area contributed by atoms with Crippen molar-refractivity contribution in [2.75, 3.05) is 6.79 Å². The van der Waals surface area contributed by atoms with Crippen LogP contribution < -0.4 is 14.8 Å². The van der Waals surface area contributed by atoms with Gasteiger partial charge in [0.25, 0.3) is 5.91 Å². The first kappa shape index (κ1) is 21.4. The van der Waals surface area contributed by atoms with Crippen molar-refractivity contribution in [3.8, 4) is 11.5 Å². The molecule has 1 N–H and O–H groups in total.